The van der Waals surface area contributed by atoms with Crippen LogP contribution in [0.2, 0.25) is 10.0 Å². The Kier molecular flexibility index (Phi) is 5.32. The molecule has 0 saturated heterocycles. The van der Waals surface area contributed by atoms with Crippen LogP contribution in [-0.4, -0.2) is 0 Å². The molecule has 3 aromatic carbocycles. The third-order valence-corrected chi connectivity index (χ3v) is 5.07. The third kappa shape index (κ3) is 3.74. The van der Waals surface area contributed by atoms with E-state index in [1.807, 2.05) is 60.7 Å². The molecule has 0 heterocycles. The zero-order chi connectivity index (χ0) is 16.4. The fourth-order valence-corrected chi connectivity index (χ4v) is 3.78. The Morgan fingerprint density at radius 1 is 0.652 bits per heavy atom. The van der Waals surface area contributed by atoms with Crippen LogP contribution in [-0.2, 0) is 0 Å². The molecule has 0 N–H and O–H groups in total. The van der Waals surface area contributed by atoms with E-state index in [1.54, 1.807) is 6.07 Å². The summed E-state index contributed by atoms with van der Waals surface area (Å²) in [6.45, 7) is 0. The van der Waals surface area contributed by atoms with Crippen molar-refractivity contribution < 1.29 is 0 Å². The molecule has 0 radical (unpaired) electrons. The van der Waals surface area contributed by atoms with Gasteiger partial charge >= 0.3 is 0 Å². The number of benzene rings is 3. The van der Waals surface area contributed by atoms with Gasteiger partial charge in [-0.15, -0.1) is 0 Å². The second-order valence-electron chi connectivity index (χ2n) is 4.87. The van der Waals surface area contributed by atoms with E-state index >= 15 is 0 Å². The molecule has 0 aliphatic rings. The molecule has 0 aromatic heterocycles. The minimum atomic E-state index is 0.594. The topological polar surface area (TPSA) is 3.24 Å². The fraction of sp³-hybridized carbons (Fsp3) is 0. The normalized spacial score (nSPS) is 10.6. The first kappa shape index (κ1) is 16.8. The van der Waals surface area contributed by atoms with Crippen molar-refractivity contribution in [2.75, 3.05) is 4.90 Å². The Morgan fingerprint density at radius 3 is 1.52 bits per heavy atom. The SMILES string of the molecule is Clc1cc(Cl)cc(N(c2ccccc2Br)c2ccccc2Br)c1. The highest BCUT2D eigenvalue weighted by Gasteiger charge is 2.17. The molecule has 23 heavy (non-hydrogen) atoms. The molecule has 5 heteroatoms. The number of para-hydroxylation sites is 2. The molecular formula is C18H11Br2Cl2N. The van der Waals surface area contributed by atoms with Gasteiger partial charge in [-0.1, -0.05) is 47.5 Å². The Hall–Kier alpha value is -1.00. The van der Waals surface area contributed by atoms with Crippen molar-refractivity contribution in [1.82, 2.24) is 0 Å². The van der Waals surface area contributed by atoms with Crippen LogP contribution in [0.25, 0.3) is 0 Å². The van der Waals surface area contributed by atoms with Crippen molar-refractivity contribution >= 4 is 72.1 Å². The zero-order valence-corrected chi connectivity index (χ0v) is 16.5. The fourth-order valence-electron chi connectivity index (χ4n) is 2.34. The van der Waals surface area contributed by atoms with Crippen LogP contribution in [0, 0.1) is 0 Å². The summed E-state index contributed by atoms with van der Waals surface area (Å²) in [5, 5.41) is 1.19. The Labute approximate surface area is 162 Å². The molecule has 0 spiro atoms. The number of rotatable bonds is 3. The van der Waals surface area contributed by atoms with Crippen LogP contribution in [0.15, 0.2) is 75.7 Å². The molecule has 1 nitrogen and oxygen atoms in total. The van der Waals surface area contributed by atoms with Crippen molar-refractivity contribution in [3.8, 4) is 0 Å². The summed E-state index contributed by atoms with van der Waals surface area (Å²) in [4.78, 5) is 2.10. The van der Waals surface area contributed by atoms with Gasteiger partial charge in [-0.05, 0) is 74.3 Å². The predicted octanol–water partition coefficient (Wildman–Crippen LogP) is 7.99. The quantitative estimate of drug-likeness (QED) is 0.374. The molecule has 3 aromatic rings. The van der Waals surface area contributed by atoms with Gasteiger partial charge < -0.3 is 4.90 Å². The van der Waals surface area contributed by atoms with Crippen LogP contribution >= 0.6 is 55.1 Å². The average Bonchev–Trinajstić information content (AvgIpc) is 2.50. The van der Waals surface area contributed by atoms with Crippen molar-refractivity contribution in [3.63, 3.8) is 0 Å². The smallest absolute Gasteiger partial charge is 0.0604 e. The first-order valence-corrected chi connectivity index (χ1v) is 9.16. The number of nitrogens with zero attached hydrogens (tertiary/aromatic N) is 1. The highest BCUT2D eigenvalue weighted by Crippen LogP contribution is 2.43. The summed E-state index contributed by atoms with van der Waals surface area (Å²) in [5.41, 5.74) is 2.89. The monoisotopic (exact) mass is 469 g/mol. The van der Waals surface area contributed by atoms with Gasteiger partial charge in [0.05, 0.1) is 11.4 Å². The molecular weight excluding hydrogens is 461 g/mol. The van der Waals surface area contributed by atoms with Crippen molar-refractivity contribution in [2.24, 2.45) is 0 Å². The van der Waals surface area contributed by atoms with E-state index in [9.17, 15) is 0 Å². The molecule has 0 unspecified atom stereocenters. The number of hydrogen-bond donors (Lipinski definition) is 0. The first-order valence-electron chi connectivity index (χ1n) is 6.81. The summed E-state index contributed by atoms with van der Waals surface area (Å²) in [5.74, 6) is 0. The molecule has 3 rings (SSSR count). The van der Waals surface area contributed by atoms with Crippen molar-refractivity contribution in [1.29, 1.82) is 0 Å². The second-order valence-corrected chi connectivity index (χ2v) is 7.45. The molecule has 0 aliphatic heterocycles. The van der Waals surface area contributed by atoms with Crippen LogP contribution in [0.1, 0.15) is 0 Å². The van der Waals surface area contributed by atoms with E-state index in [4.69, 9.17) is 23.2 Å². The molecule has 0 bridgehead atoms. The van der Waals surface area contributed by atoms with Crippen LogP contribution in [0.4, 0.5) is 17.1 Å². The summed E-state index contributed by atoms with van der Waals surface area (Å²) in [7, 11) is 0. The minimum Gasteiger partial charge on any atom is -0.308 e. The lowest BCUT2D eigenvalue weighted by molar-refractivity contribution is 1.26. The third-order valence-electron chi connectivity index (χ3n) is 3.29. The van der Waals surface area contributed by atoms with E-state index in [0.29, 0.717) is 10.0 Å². The largest absolute Gasteiger partial charge is 0.308 e. The van der Waals surface area contributed by atoms with Gasteiger partial charge in [0.2, 0.25) is 0 Å². The summed E-state index contributed by atoms with van der Waals surface area (Å²) < 4.78 is 1.96. The summed E-state index contributed by atoms with van der Waals surface area (Å²) >= 11 is 19.7. The lowest BCUT2D eigenvalue weighted by Gasteiger charge is -2.27. The van der Waals surface area contributed by atoms with Crippen LogP contribution in [0.5, 0.6) is 0 Å². The van der Waals surface area contributed by atoms with E-state index in [2.05, 4.69) is 36.8 Å². The van der Waals surface area contributed by atoms with Gasteiger partial charge in [0, 0.05) is 24.7 Å². The maximum atomic E-state index is 6.21. The second kappa shape index (κ2) is 7.27. The molecule has 0 saturated carbocycles. The van der Waals surface area contributed by atoms with Gasteiger partial charge in [-0.25, -0.2) is 0 Å². The number of anilines is 3. The lowest BCUT2D eigenvalue weighted by Crippen LogP contribution is -2.11. The minimum absolute atomic E-state index is 0.594. The Morgan fingerprint density at radius 2 is 1.09 bits per heavy atom. The highest BCUT2D eigenvalue weighted by atomic mass is 79.9. The van der Waals surface area contributed by atoms with Crippen LogP contribution < -0.4 is 4.90 Å². The van der Waals surface area contributed by atoms with Gasteiger partial charge in [-0.2, -0.15) is 0 Å². The number of hydrogen-bond acceptors (Lipinski definition) is 1. The van der Waals surface area contributed by atoms with Gasteiger partial charge in [0.15, 0.2) is 0 Å². The molecule has 116 valence electrons. The first-order chi connectivity index (χ1) is 11.1. The Bertz CT molecular complexity index is 786. The van der Waals surface area contributed by atoms with E-state index in [0.717, 1.165) is 26.0 Å². The van der Waals surface area contributed by atoms with Gasteiger partial charge in [-0.3, -0.25) is 0 Å². The van der Waals surface area contributed by atoms with E-state index < -0.39 is 0 Å². The lowest BCUT2D eigenvalue weighted by atomic mass is 10.2. The summed E-state index contributed by atoms with van der Waals surface area (Å²) in [6.07, 6.45) is 0. The van der Waals surface area contributed by atoms with E-state index in [1.165, 1.54) is 0 Å². The maximum Gasteiger partial charge on any atom is 0.0604 e. The molecule has 0 atom stereocenters. The number of halogens is 4. The summed E-state index contributed by atoms with van der Waals surface area (Å²) in [6, 6.07) is 21.6. The van der Waals surface area contributed by atoms with Crippen LogP contribution in [0.3, 0.4) is 0 Å². The van der Waals surface area contributed by atoms with E-state index in [-0.39, 0.29) is 0 Å². The van der Waals surface area contributed by atoms with Crippen molar-refractivity contribution in [2.45, 2.75) is 0 Å². The highest BCUT2D eigenvalue weighted by molar-refractivity contribution is 9.11. The standard InChI is InChI=1S/C18H11Br2Cl2N/c19-15-5-1-3-7-17(15)23(18-8-4-2-6-16(18)20)14-10-12(21)9-13(22)11-14/h1-11H. The Balaban J connectivity index is 2.26. The molecule has 0 amide bonds. The maximum absolute atomic E-state index is 6.21. The zero-order valence-electron chi connectivity index (χ0n) is 11.8. The van der Waals surface area contributed by atoms with Gasteiger partial charge in [0.1, 0.15) is 0 Å². The molecule has 0 fully saturated rings. The van der Waals surface area contributed by atoms with Crippen molar-refractivity contribution in [3.05, 3.63) is 85.7 Å². The molecule has 0 aliphatic carbocycles. The van der Waals surface area contributed by atoms with Gasteiger partial charge in [0.25, 0.3) is 0 Å². The predicted molar refractivity (Wildman–Crippen MR) is 107 cm³/mol. The average molecular weight is 472 g/mol.